The summed E-state index contributed by atoms with van der Waals surface area (Å²) in [6.45, 7) is 4.06. The van der Waals surface area contributed by atoms with Gasteiger partial charge in [-0.3, -0.25) is 0 Å². The van der Waals surface area contributed by atoms with Gasteiger partial charge in [-0.2, -0.15) is 0 Å². The van der Waals surface area contributed by atoms with Gasteiger partial charge in [-0.15, -0.1) is 0 Å². The van der Waals surface area contributed by atoms with Gasteiger partial charge in [0.15, 0.2) is 0 Å². The molecule has 3 heteroatoms. The third-order valence-corrected chi connectivity index (χ3v) is 4.53. The molecule has 0 saturated heterocycles. The number of rotatable bonds is 2. The standard InChI is InChI=1S/C15H14BrIO/c1-9-7-14(16)10(2)6-13(9)15(18)11-4-3-5-12(17)8-11/h3-8,15,18H,1-2H3. The summed E-state index contributed by atoms with van der Waals surface area (Å²) in [6, 6.07) is 12.1. The van der Waals surface area contributed by atoms with Crippen LogP contribution in [0.2, 0.25) is 0 Å². The Hall–Kier alpha value is -0.390. The Kier molecular flexibility index (Phi) is 4.45. The van der Waals surface area contributed by atoms with E-state index in [0.717, 1.165) is 30.3 Å². The van der Waals surface area contributed by atoms with Crippen molar-refractivity contribution in [3.8, 4) is 0 Å². The fraction of sp³-hybridized carbons (Fsp3) is 0.200. The summed E-state index contributed by atoms with van der Waals surface area (Å²) in [5.41, 5.74) is 4.14. The van der Waals surface area contributed by atoms with Crippen molar-refractivity contribution in [1.29, 1.82) is 0 Å². The average molecular weight is 417 g/mol. The van der Waals surface area contributed by atoms with Gasteiger partial charge in [0.25, 0.3) is 0 Å². The first-order valence-corrected chi connectivity index (χ1v) is 7.56. The Bertz CT molecular complexity index is 581. The lowest BCUT2D eigenvalue weighted by Crippen LogP contribution is -2.03. The molecule has 1 atom stereocenters. The summed E-state index contributed by atoms with van der Waals surface area (Å²) in [5.74, 6) is 0. The van der Waals surface area contributed by atoms with Gasteiger partial charge in [0.05, 0.1) is 0 Å². The van der Waals surface area contributed by atoms with Gasteiger partial charge in [-0.25, -0.2) is 0 Å². The van der Waals surface area contributed by atoms with Crippen molar-refractivity contribution >= 4 is 38.5 Å². The maximum Gasteiger partial charge on any atom is 0.104 e. The van der Waals surface area contributed by atoms with Crippen LogP contribution in [0.4, 0.5) is 0 Å². The van der Waals surface area contributed by atoms with E-state index in [9.17, 15) is 5.11 Å². The molecule has 0 spiro atoms. The number of halogens is 2. The largest absolute Gasteiger partial charge is 0.384 e. The zero-order valence-corrected chi connectivity index (χ0v) is 14.0. The second-order valence-electron chi connectivity index (χ2n) is 4.42. The summed E-state index contributed by atoms with van der Waals surface area (Å²) in [7, 11) is 0. The number of hydrogen-bond acceptors (Lipinski definition) is 1. The SMILES string of the molecule is Cc1cc(C(O)c2cccc(I)c2)c(C)cc1Br. The molecule has 0 aliphatic rings. The smallest absolute Gasteiger partial charge is 0.104 e. The maximum atomic E-state index is 10.5. The normalized spacial score (nSPS) is 12.5. The van der Waals surface area contributed by atoms with Gasteiger partial charge >= 0.3 is 0 Å². The van der Waals surface area contributed by atoms with Crippen LogP contribution in [0.3, 0.4) is 0 Å². The van der Waals surface area contributed by atoms with E-state index in [0.29, 0.717) is 0 Å². The van der Waals surface area contributed by atoms with Gasteiger partial charge in [0.2, 0.25) is 0 Å². The first-order valence-electron chi connectivity index (χ1n) is 5.69. The Morgan fingerprint density at radius 2 is 1.83 bits per heavy atom. The van der Waals surface area contributed by atoms with Crippen LogP contribution >= 0.6 is 38.5 Å². The van der Waals surface area contributed by atoms with Crippen LogP contribution in [-0.2, 0) is 0 Å². The third-order valence-electron chi connectivity index (χ3n) is 3.01. The molecule has 0 fully saturated rings. The average Bonchev–Trinajstić information content (AvgIpc) is 2.33. The molecule has 0 bridgehead atoms. The zero-order valence-electron chi connectivity index (χ0n) is 10.2. The minimum Gasteiger partial charge on any atom is -0.384 e. The lowest BCUT2D eigenvalue weighted by molar-refractivity contribution is 0.219. The van der Waals surface area contributed by atoms with Gasteiger partial charge in [-0.1, -0.05) is 34.1 Å². The maximum absolute atomic E-state index is 10.5. The van der Waals surface area contributed by atoms with Gasteiger partial charge in [-0.05, 0) is 76.9 Å². The summed E-state index contributed by atoms with van der Waals surface area (Å²) < 4.78 is 2.22. The predicted molar refractivity (Wildman–Crippen MR) is 86.8 cm³/mol. The van der Waals surface area contributed by atoms with E-state index in [1.165, 1.54) is 0 Å². The molecule has 2 aromatic rings. The monoisotopic (exact) mass is 416 g/mol. The summed E-state index contributed by atoms with van der Waals surface area (Å²) in [6.07, 6.45) is -0.563. The van der Waals surface area contributed by atoms with Crippen LogP contribution in [-0.4, -0.2) is 5.11 Å². The van der Waals surface area contributed by atoms with E-state index < -0.39 is 6.10 Å². The summed E-state index contributed by atoms with van der Waals surface area (Å²) in [5, 5.41) is 10.5. The fourth-order valence-electron chi connectivity index (χ4n) is 1.95. The lowest BCUT2D eigenvalue weighted by atomic mass is 9.96. The first-order chi connectivity index (χ1) is 8.49. The molecule has 0 aromatic heterocycles. The summed E-state index contributed by atoms with van der Waals surface area (Å²) >= 11 is 5.77. The topological polar surface area (TPSA) is 20.2 Å². The minimum absolute atomic E-state index is 0.563. The number of aryl methyl sites for hydroxylation is 2. The van der Waals surface area contributed by atoms with Crippen molar-refractivity contribution in [1.82, 2.24) is 0 Å². The van der Waals surface area contributed by atoms with Crippen LogP contribution in [0.5, 0.6) is 0 Å². The number of aliphatic hydroxyl groups is 1. The Morgan fingerprint density at radius 3 is 2.50 bits per heavy atom. The van der Waals surface area contributed by atoms with Crippen molar-refractivity contribution in [3.63, 3.8) is 0 Å². The van der Waals surface area contributed by atoms with Crippen LogP contribution in [0, 0.1) is 17.4 Å². The highest BCUT2D eigenvalue weighted by Crippen LogP contribution is 2.29. The molecule has 0 aliphatic carbocycles. The Labute approximate surface area is 130 Å². The minimum atomic E-state index is -0.563. The molecule has 0 amide bonds. The molecule has 0 radical (unpaired) electrons. The highest BCUT2D eigenvalue weighted by molar-refractivity contribution is 14.1. The zero-order chi connectivity index (χ0) is 13.3. The molecule has 0 aliphatic heterocycles. The van der Waals surface area contributed by atoms with Crippen LogP contribution in [0.15, 0.2) is 40.9 Å². The highest BCUT2D eigenvalue weighted by atomic mass is 127. The van der Waals surface area contributed by atoms with Crippen LogP contribution in [0.25, 0.3) is 0 Å². The number of aliphatic hydroxyl groups excluding tert-OH is 1. The molecular weight excluding hydrogens is 403 g/mol. The lowest BCUT2D eigenvalue weighted by Gasteiger charge is -2.16. The van der Waals surface area contributed by atoms with Crippen molar-refractivity contribution in [3.05, 3.63) is 66.7 Å². The first kappa shape index (κ1) is 14.0. The molecule has 0 heterocycles. The third kappa shape index (κ3) is 2.95. The molecule has 18 heavy (non-hydrogen) atoms. The molecule has 94 valence electrons. The van der Waals surface area contributed by atoms with Crippen molar-refractivity contribution in [2.24, 2.45) is 0 Å². The van der Waals surface area contributed by atoms with E-state index in [1.54, 1.807) is 0 Å². The van der Waals surface area contributed by atoms with E-state index in [2.05, 4.69) is 44.6 Å². The fourth-order valence-corrected chi connectivity index (χ4v) is 2.98. The van der Waals surface area contributed by atoms with Crippen LogP contribution in [0.1, 0.15) is 28.4 Å². The van der Waals surface area contributed by atoms with E-state index >= 15 is 0 Å². The van der Waals surface area contributed by atoms with Gasteiger partial charge in [0, 0.05) is 8.04 Å². The predicted octanol–water partition coefficient (Wildman–Crippen LogP) is 4.75. The second kappa shape index (κ2) is 5.72. The van der Waals surface area contributed by atoms with E-state index in [-0.39, 0.29) is 0 Å². The molecule has 0 saturated carbocycles. The quantitative estimate of drug-likeness (QED) is 0.700. The van der Waals surface area contributed by atoms with E-state index in [1.807, 2.05) is 44.2 Å². The number of hydrogen-bond donors (Lipinski definition) is 1. The van der Waals surface area contributed by atoms with Crippen molar-refractivity contribution in [2.45, 2.75) is 20.0 Å². The Balaban J connectivity index is 2.46. The van der Waals surface area contributed by atoms with Gasteiger partial charge in [0.1, 0.15) is 6.10 Å². The molecule has 1 nitrogen and oxygen atoms in total. The molecule has 2 aromatic carbocycles. The van der Waals surface area contributed by atoms with Crippen LogP contribution < -0.4 is 0 Å². The molecule has 2 rings (SSSR count). The van der Waals surface area contributed by atoms with Crippen molar-refractivity contribution < 1.29 is 5.11 Å². The number of benzene rings is 2. The van der Waals surface area contributed by atoms with E-state index in [4.69, 9.17) is 0 Å². The highest BCUT2D eigenvalue weighted by Gasteiger charge is 2.14. The summed E-state index contributed by atoms with van der Waals surface area (Å²) in [4.78, 5) is 0. The second-order valence-corrected chi connectivity index (χ2v) is 6.52. The molecular formula is C15H14BrIO. The van der Waals surface area contributed by atoms with Gasteiger partial charge < -0.3 is 5.11 Å². The Morgan fingerprint density at radius 1 is 1.11 bits per heavy atom. The molecule has 1 unspecified atom stereocenters. The van der Waals surface area contributed by atoms with Crippen molar-refractivity contribution in [2.75, 3.05) is 0 Å². The molecule has 1 N–H and O–H groups in total.